The molecule has 0 bridgehead atoms. The van der Waals surface area contributed by atoms with Gasteiger partial charge in [-0.1, -0.05) is 18.2 Å². The van der Waals surface area contributed by atoms with Gasteiger partial charge < -0.3 is 15.5 Å². The van der Waals surface area contributed by atoms with Gasteiger partial charge in [0.2, 0.25) is 0 Å². The molecule has 0 aliphatic carbocycles. The van der Waals surface area contributed by atoms with Gasteiger partial charge >= 0.3 is 6.09 Å². The molecule has 2 aromatic rings. The Labute approximate surface area is 141 Å². The Balaban J connectivity index is 1.66. The van der Waals surface area contributed by atoms with E-state index in [2.05, 4.69) is 21.8 Å². The number of anilines is 1. The standard InChI is InChI=1S/C18H22N4O2/c1-18(2,3)24-17(23)20-12-22-11-14-13(7-6-9-16(14)21-22)15-8-4-5-10-19-15/h4-10,21H,11-12H2,1-3H3,(H,20,23). The number of carbonyl (C=O) groups is 1. The summed E-state index contributed by atoms with van der Waals surface area (Å²) in [5.41, 5.74) is 7.04. The van der Waals surface area contributed by atoms with Crippen LogP contribution in [-0.4, -0.2) is 28.4 Å². The second kappa shape index (κ2) is 6.49. The number of rotatable bonds is 3. The quantitative estimate of drug-likeness (QED) is 0.905. The number of fused-ring (bicyclic) bond motifs is 1. The second-order valence-corrected chi connectivity index (χ2v) is 6.69. The number of hydrogen-bond acceptors (Lipinski definition) is 5. The zero-order valence-electron chi connectivity index (χ0n) is 14.2. The summed E-state index contributed by atoms with van der Waals surface area (Å²) in [6.07, 6.45) is 1.36. The fourth-order valence-corrected chi connectivity index (χ4v) is 2.59. The molecule has 0 unspecified atom stereocenters. The van der Waals surface area contributed by atoms with E-state index in [1.807, 2.05) is 56.1 Å². The number of nitrogens with zero attached hydrogens (tertiary/aromatic N) is 2. The highest BCUT2D eigenvalue weighted by atomic mass is 16.6. The number of pyridine rings is 1. The molecule has 1 aromatic heterocycles. The van der Waals surface area contributed by atoms with Crippen LogP contribution >= 0.6 is 0 Å². The van der Waals surface area contributed by atoms with E-state index >= 15 is 0 Å². The van der Waals surface area contributed by atoms with Crippen molar-refractivity contribution < 1.29 is 9.53 Å². The van der Waals surface area contributed by atoms with E-state index in [-0.39, 0.29) is 0 Å². The Bertz CT molecular complexity index is 726. The molecule has 1 amide bonds. The maximum atomic E-state index is 11.8. The van der Waals surface area contributed by atoms with Crippen LogP contribution in [0, 0.1) is 0 Å². The number of hydrazine groups is 1. The fourth-order valence-electron chi connectivity index (χ4n) is 2.59. The normalized spacial score (nSPS) is 14.0. The molecule has 3 rings (SSSR count). The van der Waals surface area contributed by atoms with Gasteiger partial charge in [0.05, 0.1) is 18.1 Å². The van der Waals surface area contributed by atoms with Crippen LogP contribution in [0.2, 0.25) is 0 Å². The van der Waals surface area contributed by atoms with Gasteiger partial charge in [0.1, 0.15) is 5.60 Å². The van der Waals surface area contributed by atoms with Gasteiger partial charge in [-0.15, -0.1) is 0 Å². The average molecular weight is 326 g/mol. The van der Waals surface area contributed by atoms with Gasteiger partial charge in [0.15, 0.2) is 0 Å². The minimum Gasteiger partial charge on any atom is -0.444 e. The number of nitrogens with one attached hydrogen (secondary N) is 2. The molecule has 0 saturated heterocycles. The Morgan fingerprint density at radius 2 is 2.12 bits per heavy atom. The molecule has 0 saturated carbocycles. The molecular weight excluding hydrogens is 304 g/mol. The van der Waals surface area contributed by atoms with Crippen molar-refractivity contribution >= 4 is 11.8 Å². The van der Waals surface area contributed by atoms with Gasteiger partial charge in [0.25, 0.3) is 0 Å². The van der Waals surface area contributed by atoms with Gasteiger partial charge in [-0.2, -0.15) is 5.01 Å². The summed E-state index contributed by atoms with van der Waals surface area (Å²) >= 11 is 0. The lowest BCUT2D eigenvalue weighted by atomic mass is 10.0. The maximum Gasteiger partial charge on any atom is 0.408 e. The molecular formula is C18H22N4O2. The minimum atomic E-state index is -0.502. The van der Waals surface area contributed by atoms with E-state index in [4.69, 9.17) is 4.74 Å². The van der Waals surface area contributed by atoms with Crippen molar-refractivity contribution in [1.82, 2.24) is 15.3 Å². The van der Waals surface area contributed by atoms with Crippen LogP contribution < -0.4 is 10.7 Å². The van der Waals surface area contributed by atoms with Crippen molar-refractivity contribution in [1.29, 1.82) is 0 Å². The molecule has 0 spiro atoms. The third-order valence-corrected chi connectivity index (χ3v) is 3.56. The van der Waals surface area contributed by atoms with Crippen LogP contribution in [0.25, 0.3) is 11.3 Å². The van der Waals surface area contributed by atoms with Crippen molar-refractivity contribution in [3.63, 3.8) is 0 Å². The highest BCUT2D eigenvalue weighted by Crippen LogP contribution is 2.33. The summed E-state index contributed by atoms with van der Waals surface area (Å²) in [6.45, 7) is 6.56. The number of hydrogen-bond donors (Lipinski definition) is 2. The third kappa shape index (κ3) is 3.83. The number of carbonyl (C=O) groups excluding carboxylic acids is 1. The van der Waals surface area contributed by atoms with Gasteiger partial charge in [-0.25, -0.2) is 4.79 Å². The number of alkyl carbamates (subject to hydrolysis) is 1. The van der Waals surface area contributed by atoms with Crippen LogP contribution in [0.3, 0.4) is 0 Å². The summed E-state index contributed by atoms with van der Waals surface area (Å²) < 4.78 is 5.25. The zero-order chi connectivity index (χ0) is 17.2. The molecule has 0 atom stereocenters. The third-order valence-electron chi connectivity index (χ3n) is 3.56. The van der Waals surface area contributed by atoms with Crippen molar-refractivity contribution in [2.24, 2.45) is 0 Å². The largest absolute Gasteiger partial charge is 0.444 e. The highest BCUT2D eigenvalue weighted by molar-refractivity contribution is 5.73. The van der Waals surface area contributed by atoms with E-state index in [0.717, 1.165) is 16.9 Å². The molecule has 126 valence electrons. The zero-order valence-corrected chi connectivity index (χ0v) is 14.2. The Morgan fingerprint density at radius 3 is 2.83 bits per heavy atom. The molecule has 1 aliphatic rings. The van der Waals surface area contributed by atoms with E-state index < -0.39 is 11.7 Å². The molecule has 0 fully saturated rings. The molecule has 6 heteroatoms. The first-order valence-electron chi connectivity index (χ1n) is 7.94. The lowest BCUT2D eigenvalue weighted by Gasteiger charge is -2.22. The minimum absolute atomic E-state index is 0.352. The smallest absolute Gasteiger partial charge is 0.408 e. The van der Waals surface area contributed by atoms with Crippen LogP contribution in [0.4, 0.5) is 10.5 Å². The van der Waals surface area contributed by atoms with Gasteiger partial charge in [0, 0.05) is 23.9 Å². The molecule has 2 N–H and O–H groups in total. The Morgan fingerprint density at radius 1 is 1.29 bits per heavy atom. The predicted molar refractivity (Wildman–Crippen MR) is 93.1 cm³/mol. The van der Waals surface area contributed by atoms with E-state index in [1.54, 1.807) is 6.20 Å². The van der Waals surface area contributed by atoms with Crippen LogP contribution in [0.5, 0.6) is 0 Å². The van der Waals surface area contributed by atoms with Crippen LogP contribution in [0.1, 0.15) is 26.3 Å². The molecule has 1 aliphatic heterocycles. The van der Waals surface area contributed by atoms with E-state index in [9.17, 15) is 4.79 Å². The first-order valence-corrected chi connectivity index (χ1v) is 7.94. The summed E-state index contributed by atoms with van der Waals surface area (Å²) in [7, 11) is 0. The Hall–Kier alpha value is -2.60. The maximum absolute atomic E-state index is 11.8. The van der Waals surface area contributed by atoms with Crippen molar-refractivity contribution in [2.45, 2.75) is 32.9 Å². The van der Waals surface area contributed by atoms with E-state index in [0.29, 0.717) is 13.2 Å². The lowest BCUT2D eigenvalue weighted by Crippen LogP contribution is -2.40. The van der Waals surface area contributed by atoms with Crippen LogP contribution in [0.15, 0.2) is 42.6 Å². The summed E-state index contributed by atoms with van der Waals surface area (Å²) in [6, 6.07) is 12.0. The first kappa shape index (κ1) is 16.3. The van der Waals surface area contributed by atoms with Gasteiger partial charge in [-0.05, 0) is 39.0 Å². The molecule has 24 heavy (non-hydrogen) atoms. The SMILES string of the molecule is CC(C)(C)OC(=O)NCN1Cc2c(cccc2-c2ccccn2)N1. The Kier molecular flexibility index (Phi) is 4.40. The summed E-state index contributed by atoms with van der Waals surface area (Å²) in [5, 5.41) is 4.69. The average Bonchev–Trinajstić information content (AvgIpc) is 2.95. The van der Waals surface area contributed by atoms with Crippen molar-refractivity contribution in [3.8, 4) is 11.3 Å². The van der Waals surface area contributed by atoms with Crippen molar-refractivity contribution in [3.05, 3.63) is 48.2 Å². The second-order valence-electron chi connectivity index (χ2n) is 6.69. The van der Waals surface area contributed by atoms with E-state index in [1.165, 1.54) is 5.56 Å². The monoisotopic (exact) mass is 326 g/mol. The summed E-state index contributed by atoms with van der Waals surface area (Å²) in [4.78, 5) is 16.2. The molecule has 2 heterocycles. The summed E-state index contributed by atoms with van der Waals surface area (Å²) in [5.74, 6) is 0. The molecule has 0 radical (unpaired) electrons. The van der Waals surface area contributed by atoms with Crippen molar-refractivity contribution in [2.75, 3.05) is 12.1 Å². The number of aromatic nitrogens is 1. The number of amides is 1. The fraction of sp³-hybridized carbons (Fsp3) is 0.333. The van der Waals surface area contributed by atoms with Crippen LogP contribution in [-0.2, 0) is 11.3 Å². The first-order chi connectivity index (χ1) is 11.4. The predicted octanol–water partition coefficient (Wildman–Crippen LogP) is 3.37. The molecule has 6 nitrogen and oxygen atoms in total. The lowest BCUT2D eigenvalue weighted by molar-refractivity contribution is 0.0498. The van der Waals surface area contributed by atoms with Gasteiger partial charge in [-0.3, -0.25) is 4.98 Å². The number of benzene rings is 1. The topological polar surface area (TPSA) is 66.5 Å². The highest BCUT2D eigenvalue weighted by Gasteiger charge is 2.23. The molecule has 1 aromatic carbocycles. The number of ether oxygens (including phenoxy) is 1.